The summed E-state index contributed by atoms with van der Waals surface area (Å²) < 4.78 is 4.71. The summed E-state index contributed by atoms with van der Waals surface area (Å²) in [5.74, 6) is 0. The standard InChI is InChI=1S/C52H34N4/c1-4-15-35(16-5-1)39-33-45(36-17-6-2-7-18-36)54-46(34-39)38-19-12-22-41(31-38)56-48-29-28-37(32-44(48)52-50(56)27-14-30-53-52)42-24-13-26-49-51(42)43-23-10-11-25-47(43)55(49)40-20-8-3-9-21-40/h1-34H. The predicted octanol–water partition coefficient (Wildman–Crippen LogP) is 13.3. The van der Waals surface area contributed by atoms with E-state index in [1.807, 2.05) is 18.3 Å². The molecule has 0 saturated carbocycles. The maximum atomic E-state index is 5.24. The highest BCUT2D eigenvalue weighted by atomic mass is 15.0. The third-order valence-electron chi connectivity index (χ3n) is 10.9. The van der Waals surface area contributed by atoms with Gasteiger partial charge in [-0.05, 0) is 95.1 Å². The highest BCUT2D eigenvalue weighted by Gasteiger charge is 2.19. The Hall–Kier alpha value is -7.56. The average Bonchev–Trinajstić information content (AvgIpc) is 3.80. The van der Waals surface area contributed by atoms with Crippen LogP contribution in [0.15, 0.2) is 206 Å². The number of pyridine rings is 2. The van der Waals surface area contributed by atoms with Crippen LogP contribution in [0.3, 0.4) is 0 Å². The minimum absolute atomic E-state index is 0.927. The van der Waals surface area contributed by atoms with Crippen LogP contribution in [-0.4, -0.2) is 19.1 Å². The van der Waals surface area contributed by atoms with Crippen LogP contribution >= 0.6 is 0 Å². The number of benzene rings is 7. The van der Waals surface area contributed by atoms with Gasteiger partial charge in [-0.2, -0.15) is 0 Å². The summed E-state index contributed by atoms with van der Waals surface area (Å²) in [6, 6.07) is 71.2. The van der Waals surface area contributed by atoms with Crippen LogP contribution in [0.4, 0.5) is 0 Å². The maximum Gasteiger partial charge on any atom is 0.0963 e. The predicted molar refractivity (Wildman–Crippen MR) is 232 cm³/mol. The van der Waals surface area contributed by atoms with Crippen LogP contribution in [0, 0.1) is 0 Å². The minimum atomic E-state index is 0.927. The number of aromatic nitrogens is 4. The van der Waals surface area contributed by atoms with Gasteiger partial charge in [0.1, 0.15) is 0 Å². The normalized spacial score (nSPS) is 11.6. The van der Waals surface area contributed by atoms with Crippen molar-refractivity contribution in [2.75, 3.05) is 0 Å². The Morgan fingerprint density at radius 1 is 0.339 bits per heavy atom. The van der Waals surface area contributed by atoms with E-state index in [2.05, 4.69) is 197 Å². The van der Waals surface area contributed by atoms with E-state index in [4.69, 9.17) is 9.97 Å². The highest BCUT2D eigenvalue weighted by molar-refractivity contribution is 6.17. The molecule has 0 spiro atoms. The van der Waals surface area contributed by atoms with E-state index >= 15 is 0 Å². The molecule has 11 aromatic rings. The van der Waals surface area contributed by atoms with Gasteiger partial charge in [0.15, 0.2) is 0 Å². The molecule has 11 rings (SSSR count). The van der Waals surface area contributed by atoms with E-state index in [1.54, 1.807) is 0 Å². The van der Waals surface area contributed by atoms with Crippen LogP contribution in [0.1, 0.15) is 0 Å². The Balaban J connectivity index is 1.08. The molecule has 0 amide bonds. The van der Waals surface area contributed by atoms with E-state index in [1.165, 1.54) is 27.4 Å². The molecule has 262 valence electrons. The molecule has 4 heteroatoms. The zero-order valence-corrected chi connectivity index (χ0v) is 30.4. The molecule has 56 heavy (non-hydrogen) atoms. The quantitative estimate of drug-likeness (QED) is 0.172. The van der Waals surface area contributed by atoms with Gasteiger partial charge in [0.2, 0.25) is 0 Å². The third-order valence-corrected chi connectivity index (χ3v) is 10.9. The molecule has 0 aliphatic rings. The van der Waals surface area contributed by atoms with Gasteiger partial charge in [-0.15, -0.1) is 0 Å². The number of para-hydroxylation sites is 2. The molecule has 0 radical (unpaired) electrons. The van der Waals surface area contributed by atoms with E-state index < -0.39 is 0 Å². The molecule has 0 aliphatic carbocycles. The molecule has 0 bridgehead atoms. The second-order valence-electron chi connectivity index (χ2n) is 14.2. The summed E-state index contributed by atoms with van der Waals surface area (Å²) in [5.41, 5.74) is 16.4. The number of rotatable bonds is 6. The van der Waals surface area contributed by atoms with Gasteiger partial charge in [-0.3, -0.25) is 4.98 Å². The van der Waals surface area contributed by atoms with Crippen molar-refractivity contribution < 1.29 is 0 Å². The molecule has 0 aliphatic heterocycles. The van der Waals surface area contributed by atoms with Crippen molar-refractivity contribution in [1.29, 1.82) is 0 Å². The maximum absolute atomic E-state index is 5.24. The number of fused-ring (bicyclic) bond motifs is 6. The summed E-state index contributed by atoms with van der Waals surface area (Å²) in [5, 5.41) is 3.60. The van der Waals surface area contributed by atoms with Gasteiger partial charge in [0.05, 0.1) is 39.0 Å². The van der Waals surface area contributed by atoms with Crippen molar-refractivity contribution in [3.8, 4) is 56.1 Å². The van der Waals surface area contributed by atoms with Gasteiger partial charge in [0, 0.05) is 44.9 Å². The minimum Gasteiger partial charge on any atom is -0.309 e. The lowest BCUT2D eigenvalue weighted by Gasteiger charge is -2.13. The molecular weight excluding hydrogens is 681 g/mol. The molecule has 4 heterocycles. The first kappa shape index (κ1) is 31.9. The Labute approximate surface area is 324 Å². The first-order chi connectivity index (χ1) is 27.8. The summed E-state index contributed by atoms with van der Waals surface area (Å²) in [6.07, 6.45) is 1.90. The summed E-state index contributed by atoms with van der Waals surface area (Å²) in [6.45, 7) is 0. The Morgan fingerprint density at radius 2 is 0.946 bits per heavy atom. The van der Waals surface area contributed by atoms with Gasteiger partial charge < -0.3 is 9.13 Å². The van der Waals surface area contributed by atoms with Gasteiger partial charge in [-0.1, -0.05) is 127 Å². The van der Waals surface area contributed by atoms with Crippen molar-refractivity contribution in [3.05, 3.63) is 206 Å². The number of nitrogens with zero attached hydrogens (tertiary/aromatic N) is 4. The van der Waals surface area contributed by atoms with E-state index in [0.717, 1.165) is 72.5 Å². The third kappa shape index (κ3) is 5.23. The zero-order valence-electron chi connectivity index (χ0n) is 30.4. The lowest BCUT2D eigenvalue weighted by atomic mass is 9.98. The lowest BCUT2D eigenvalue weighted by molar-refractivity contribution is 1.17. The summed E-state index contributed by atoms with van der Waals surface area (Å²) in [7, 11) is 0. The smallest absolute Gasteiger partial charge is 0.0963 e. The summed E-state index contributed by atoms with van der Waals surface area (Å²) in [4.78, 5) is 10.2. The first-order valence-corrected chi connectivity index (χ1v) is 19.0. The van der Waals surface area contributed by atoms with E-state index in [0.29, 0.717) is 0 Å². The second-order valence-corrected chi connectivity index (χ2v) is 14.2. The molecule has 0 atom stereocenters. The molecule has 0 N–H and O–H groups in total. The second kappa shape index (κ2) is 13.1. The number of hydrogen-bond acceptors (Lipinski definition) is 2. The number of hydrogen-bond donors (Lipinski definition) is 0. The topological polar surface area (TPSA) is 35.6 Å². The molecule has 0 fully saturated rings. The zero-order chi connectivity index (χ0) is 37.0. The molecule has 4 nitrogen and oxygen atoms in total. The van der Waals surface area contributed by atoms with Crippen molar-refractivity contribution >= 4 is 43.7 Å². The fourth-order valence-corrected chi connectivity index (χ4v) is 8.43. The van der Waals surface area contributed by atoms with Crippen LogP contribution < -0.4 is 0 Å². The molecule has 7 aromatic carbocycles. The molecule has 4 aromatic heterocycles. The van der Waals surface area contributed by atoms with Crippen molar-refractivity contribution in [3.63, 3.8) is 0 Å². The van der Waals surface area contributed by atoms with Crippen LogP contribution in [0.5, 0.6) is 0 Å². The van der Waals surface area contributed by atoms with E-state index in [9.17, 15) is 0 Å². The van der Waals surface area contributed by atoms with Gasteiger partial charge in [-0.25, -0.2) is 4.98 Å². The average molecular weight is 715 g/mol. The van der Waals surface area contributed by atoms with Crippen LogP contribution in [-0.2, 0) is 0 Å². The SMILES string of the molecule is c1ccc(-c2cc(-c3ccccc3)nc(-c3cccc(-n4c5ccc(-c6cccc7c6c6ccccc6n7-c6ccccc6)cc5c5ncccc54)c3)c2)cc1. The molecule has 0 saturated heterocycles. The molecule has 0 unspecified atom stereocenters. The van der Waals surface area contributed by atoms with Crippen molar-refractivity contribution in [2.45, 2.75) is 0 Å². The fraction of sp³-hybridized carbons (Fsp3) is 0. The van der Waals surface area contributed by atoms with Crippen molar-refractivity contribution in [1.82, 2.24) is 19.1 Å². The lowest BCUT2D eigenvalue weighted by Crippen LogP contribution is -1.96. The van der Waals surface area contributed by atoms with Gasteiger partial charge in [0.25, 0.3) is 0 Å². The highest BCUT2D eigenvalue weighted by Crippen LogP contribution is 2.41. The van der Waals surface area contributed by atoms with Gasteiger partial charge >= 0.3 is 0 Å². The first-order valence-electron chi connectivity index (χ1n) is 19.0. The van der Waals surface area contributed by atoms with Crippen LogP contribution in [0.25, 0.3) is 99.9 Å². The Morgan fingerprint density at radius 3 is 1.77 bits per heavy atom. The molecular formula is C52H34N4. The monoisotopic (exact) mass is 714 g/mol. The van der Waals surface area contributed by atoms with Crippen LogP contribution in [0.2, 0.25) is 0 Å². The Bertz CT molecular complexity index is 3170. The largest absolute Gasteiger partial charge is 0.309 e. The fourth-order valence-electron chi connectivity index (χ4n) is 8.43. The summed E-state index contributed by atoms with van der Waals surface area (Å²) >= 11 is 0. The Kier molecular flexibility index (Phi) is 7.46. The van der Waals surface area contributed by atoms with Crippen molar-refractivity contribution in [2.24, 2.45) is 0 Å². The van der Waals surface area contributed by atoms with E-state index in [-0.39, 0.29) is 0 Å².